The highest BCUT2D eigenvalue weighted by Crippen LogP contribution is 2.37. The van der Waals surface area contributed by atoms with Gasteiger partial charge in [0, 0.05) is 32.6 Å². The van der Waals surface area contributed by atoms with Gasteiger partial charge < -0.3 is 5.32 Å². The molecule has 8 heteroatoms. The Bertz CT molecular complexity index is 1070. The van der Waals surface area contributed by atoms with Crippen LogP contribution in [-0.4, -0.2) is 26.4 Å². The highest BCUT2D eigenvalue weighted by Gasteiger charge is 2.23. The molecule has 2 heterocycles. The zero-order valence-corrected chi connectivity index (χ0v) is 19.8. The largest absolute Gasteiger partial charge is 0.325 e. The van der Waals surface area contributed by atoms with E-state index in [2.05, 4.69) is 39.3 Å². The van der Waals surface area contributed by atoms with Gasteiger partial charge in [-0.3, -0.25) is 9.36 Å². The molecule has 1 aliphatic rings. The molecule has 0 fully saturated rings. The summed E-state index contributed by atoms with van der Waals surface area (Å²) in [5, 5.41) is 15.5. The van der Waals surface area contributed by atoms with Gasteiger partial charge in [0.2, 0.25) is 5.91 Å². The van der Waals surface area contributed by atoms with Crippen LogP contribution in [-0.2, 0) is 17.6 Å². The molecule has 1 N–H and O–H groups in total. The van der Waals surface area contributed by atoms with Crippen LogP contribution in [0, 0.1) is 6.92 Å². The Hall–Kier alpha value is -1.83. The fourth-order valence-corrected chi connectivity index (χ4v) is 5.91. The fraction of sp³-hybridized carbons (Fsp3) is 0.409. The van der Waals surface area contributed by atoms with Gasteiger partial charge in [-0.25, -0.2) is 0 Å². The van der Waals surface area contributed by atoms with Crippen LogP contribution < -0.4 is 5.32 Å². The standard InChI is InChI=1S/C22H25ClN4OS2/c1-13(2)27-21(17-11-29-19-7-5-4-6-16(17)19)25-26-22(27)30-12-20(28)24-18-10-15(23)9-8-14(18)3/h8-11,13H,4-7,12H2,1-3H3,(H,24,28). The smallest absolute Gasteiger partial charge is 0.234 e. The summed E-state index contributed by atoms with van der Waals surface area (Å²) < 4.78 is 2.15. The minimum Gasteiger partial charge on any atom is -0.325 e. The highest BCUT2D eigenvalue weighted by molar-refractivity contribution is 7.99. The summed E-state index contributed by atoms with van der Waals surface area (Å²) in [5.74, 6) is 1.09. The van der Waals surface area contributed by atoms with E-state index in [0.29, 0.717) is 5.02 Å². The molecule has 158 valence electrons. The van der Waals surface area contributed by atoms with Gasteiger partial charge in [0.1, 0.15) is 0 Å². The summed E-state index contributed by atoms with van der Waals surface area (Å²) in [4.78, 5) is 14.0. The number of carbonyl (C=O) groups excluding carboxylic acids is 1. The molecule has 5 nitrogen and oxygen atoms in total. The average molecular weight is 461 g/mol. The van der Waals surface area contributed by atoms with Crippen molar-refractivity contribution in [2.24, 2.45) is 0 Å². The molecule has 0 saturated carbocycles. The Morgan fingerprint density at radius 1 is 1.30 bits per heavy atom. The maximum atomic E-state index is 12.5. The third kappa shape index (κ3) is 4.43. The SMILES string of the molecule is Cc1ccc(Cl)cc1NC(=O)CSc1nnc(-c2csc3c2CCCC3)n1C(C)C. The van der Waals surface area contributed by atoms with Crippen LogP contribution in [0.2, 0.25) is 5.02 Å². The first kappa shape index (κ1) is 21.4. The molecule has 0 atom stereocenters. The second-order valence-corrected chi connectivity index (χ2v) is 10.2. The Labute approximate surface area is 190 Å². The summed E-state index contributed by atoms with van der Waals surface area (Å²) in [6, 6.07) is 5.69. The van der Waals surface area contributed by atoms with Crippen molar-refractivity contribution >= 4 is 46.3 Å². The maximum absolute atomic E-state index is 12.5. The number of rotatable bonds is 6. The van der Waals surface area contributed by atoms with E-state index in [1.807, 2.05) is 30.4 Å². The first-order chi connectivity index (χ1) is 14.4. The molecule has 0 aliphatic heterocycles. The normalized spacial score (nSPS) is 13.5. The molecule has 2 aromatic heterocycles. The van der Waals surface area contributed by atoms with Crippen molar-refractivity contribution in [2.45, 2.75) is 57.7 Å². The lowest BCUT2D eigenvalue weighted by atomic mass is 9.95. The second kappa shape index (κ2) is 9.12. The van der Waals surface area contributed by atoms with Gasteiger partial charge in [-0.2, -0.15) is 0 Å². The van der Waals surface area contributed by atoms with Gasteiger partial charge in [0.25, 0.3) is 0 Å². The highest BCUT2D eigenvalue weighted by atomic mass is 35.5. The van der Waals surface area contributed by atoms with E-state index in [9.17, 15) is 4.79 Å². The van der Waals surface area contributed by atoms with Crippen molar-refractivity contribution in [1.82, 2.24) is 14.8 Å². The third-order valence-corrected chi connectivity index (χ3v) is 7.56. The van der Waals surface area contributed by atoms with E-state index in [1.54, 1.807) is 6.07 Å². The molecule has 1 aromatic carbocycles. The van der Waals surface area contributed by atoms with Gasteiger partial charge in [-0.1, -0.05) is 29.4 Å². The Kier molecular flexibility index (Phi) is 6.51. The summed E-state index contributed by atoms with van der Waals surface area (Å²) in [7, 11) is 0. The first-order valence-electron chi connectivity index (χ1n) is 10.2. The molecular weight excluding hydrogens is 436 g/mol. The zero-order valence-electron chi connectivity index (χ0n) is 17.4. The number of nitrogens with one attached hydrogen (secondary N) is 1. The minimum absolute atomic E-state index is 0.0851. The summed E-state index contributed by atoms with van der Waals surface area (Å²) in [5.41, 5.74) is 4.37. The van der Waals surface area contributed by atoms with Gasteiger partial charge in [0.05, 0.1) is 5.75 Å². The van der Waals surface area contributed by atoms with E-state index >= 15 is 0 Å². The van der Waals surface area contributed by atoms with Crippen molar-refractivity contribution in [3.05, 3.63) is 44.6 Å². The topological polar surface area (TPSA) is 59.8 Å². The van der Waals surface area contributed by atoms with Crippen LogP contribution in [0.25, 0.3) is 11.4 Å². The van der Waals surface area contributed by atoms with Crippen molar-refractivity contribution in [3.63, 3.8) is 0 Å². The number of benzene rings is 1. The molecule has 3 aromatic rings. The Morgan fingerprint density at radius 3 is 2.90 bits per heavy atom. The quantitative estimate of drug-likeness (QED) is 0.447. The monoisotopic (exact) mass is 460 g/mol. The number of fused-ring (bicyclic) bond motifs is 1. The molecular formula is C22H25ClN4OS2. The average Bonchev–Trinajstić information content (AvgIpc) is 3.33. The molecule has 0 bridgehead atoms. The number of thioether (sulfide) groups is 1. The number of anilines is 1. The number of nitrogens with zero attached hydrogens (tertiary/aromatic N) is 3. The molecule has 1 amide bonds. The maximum Gasteiger partial charge on any atom is 0.234 e. The molecule has 0 radical (unpaired) electrons. The van der Waals surface area contributed by atoms with E-state index in [-0.39, 0.29) is 17.7 Å². The van der Waals surface area contributed by atoms with Gasteiger partial charge in [0.15, 0.2) is 11.0 Å². The van der Waals surface area contributed by atoms with Crippen LogP contribution in [0.4, 0.5) is 5.69 Å². The van der Waals surface area contributed by atoms with Gasteiger partial charge in [-0.15, -0.1) is 21.5 Å². The van der Waals surface area contributed by atoms with Crippen molar-refractivity contribution in [3.8, 4) is 11.4 Å². The van der Waals surface area contributed by atoms with E-state index in [4.69, 9.17) is 11.6 Å². The lowest BCUT2D eigenvalue weighted by molar-refractivity contribution is -0.113. The van der Waals surface area contributed by atoms with Gasteiger partial charge >= 0.3 is 0 Å². The summed E-state index contributed by atoms with van der Waals surface area (Å²) >= 11 is 9.31. The van der Waals surface area contributed by atoms with Crippen LogP contribution >= 0.6 is 34.7 Å². The Balaban J connectivity index is 1.52. The summed E-state index contributed by atoms with van der Waals surface area (Å²) in [6.45, 7) is 6.21. The van der Waals surface area contributed by atoms with E-state index < -0.39 is 0 Å². The molecule has 30 heavy (non-hydrogen) atoms. The Morgan fingerprint density at radius 2 is 2.10 bits per heavy atom. The lowest BCUT2D eigenvalue weighted by Gasteiger charge is -2.16. The summed E-state index contributed by atoms with van der Waals surface area (Å²) in [6.07, 6.45) is 4.78. The van der Waals surface area contributed by atoms with Crippen molar-refractivity contribution < 1.29 is 4.79 Å². The molecule has 4 rings (SSSR count). The predicted octanol–water partition coefficient (Wildman–Crippen LogP) is 6.16. The number of thiophene rings is 1. The second-order valence-electron chi connectivity index (χ2n) is 7.82. The predicted molar refractivity (Wildman–Crippen MR) is 126 cm³/mol. The molecule has 0 saturated heterocycles. The fourth-order valence-electron chi connectivity index (χ4n) is 3.75. The number of hydrogen-bond acceptors (Lipinski definition) is 5. The van der Waals surface area contributed by atoms with Crippen LogP contribution in [0.3, 0.4) is 0 Å². The number of carbonyl (C=O) groups is 1. The van der Waals surface area contributed by atoms with Crippen LogP contribution in [0.1, 0.15) is 48.7 Å². The van der Waals surface area contributed by atoms with Crippen molar-refractivity contribution in [2.75, 3.05) is 11.1 Å². The van der Waals surface area contributed by atoms with Crippen molar-refractivity contribution in [1.29, 1.82) is 0 Å². The number of hydrogen-bond donors (Lipinski definition) is 1. The number of halogens is 1. The van der Waals surface area contributed by atoms with Crippen LogP contribution in [0.5, 0.6) is 0 Å². The van der Waals surface area contributed by atoms with Gasteiger partial charge in [-0.05, 0) is 69.7 Å². The lowest BCUT2D eigenvalue weighted by Crippen LogP contribution is -2.15. The third-order valence-electron chi connectivity index (χ3n) is 5.29. The number of amides is 1. The molecule has 0 spiro atoms. The van der Waals surface area contributed by atoms with E-state index in [1.165, 1.54) is 47.0 Å². The molecule has 0 unspecified atom stereocenters. The minimum atomic E-state index is -0.0851. The number of aromatic nitrogens is 3. The molecule has 1 aliphatic carbocycles. The van der Waals surface area contributed by atoms with E-state index in [0.717, 1.165) is 28.7 Å². The van der Waals surface area contributed by atoms with Crippen LogP contribution in [0.15, 0.2) is 28.7 Å². The first-order valence-corrected chi connectivity index (χ1v) is 12.4. The zero-order chi connectivity index (χ0) is 21.3. The number of aryl methyl sites for hydroxylation is 2.